The average molecular weight is 381 g/mol. The number of ether oxygens (including phenoxy) is 1. The Bertz CT molecular complexity index is 790. The van der Waals surface area contributed by atoms with E-state index in [9.17, 15) is 9.59 Å². The fourth-order valence-electron chi connectivity index (χ4n) is 8.74. The molecule has 1 aliphatic heterocycles. The number of esters is 1. The lowest BCUT2D eigenvalue weighted by atomic mass is 9.46. The van der Waals surface area contributed by atoms with Crippen molar-refractivity contribution in [1.29, 1.82) is 0 Å². The van der Waals surface area contributed by atoms with Gasteiger partial charge in [0.15, 0.2) is 5.78 Å². The standard InChI is InChI=1S/C25H32O3/c1-2-24-10-7-19-18-6-5-17(26)13-16(18)14-20(15-3-4-15)23(19)21(24)8-11-25(24)12-9-22(27)28-25/h9,12-13,15,18-21,23H,2-8,10-11,14H2,1H3/t18-,19+,20-,21-,23-,24-,25+/m0/s1. The first-order chi connectivity index (χ1) is 13.6. The van der Waals surface area contributed by atoms with Gasteiger partial charge < -0.3 is 4.74 Å². The Balaban J connectivity index is 1.41. The molecular formula is C25H32O3. The topological polar surface area (TPSA) is 43.4 Å². The van der Waals surface area contributed by atoms with E-state index in [2.05, 4.69) is 13.0 Å². The van der Waals surface area contributed by atoms with E-state index in [-0.39, 0.29) is 17.0 Å². The first kappa shape index (κ1) is 17.5. The minimum Gasteiger partial charge on any atom is -0.451 e. The van der Waals surface area contributed by atoms with Crippen molar-refractivity contribution in [3.8, 4) is 0 Å². The molecule has 3 heteroatoms. The van der Waals surface area contributed by atoms with Crippen LogP contribution in [0.15, 0.2) is 23.8 Å². The van der Waals surface area contributed by atoms with Crippen LogP contribution in [0.2, 0.25) is 0 Å². The van der Waals surface area contributed by atoms with E-state index in [0.29, 0.717) is 17.6 Å². The van der Waals surface area contributed by atoms with E-state index in [1.54, 1.807) is 6.08 Å². The third-order valence-electron chi connectivity index (χ3n) is 9.90. The number of allylic oxidation sites excluding steroid dienone is 1. The molecule has 0 unspecified atom stereocenters. The van der Waals surface area contributed by atoms with Crippen molar-refractivity contribution in [2.45, 2.75) is 76.7 Å². The highest BCUT2D eigenvalue weighted by Gasteiger charge is 2.68. The van der Waals surface area contributed by atoms with E-state index in [0.717, 1.165) is 49.4 Å². The van der Waals surface area contributed by atoms with E-state index in [4.69, 9.17) is 4.74 Å². The molecule has 28 heavy (non-hydrogen) atoms. The van der Waals surface area contributed by atoms with Gasteiger partial charge in [-0.05, 0) is 105 Å². The number of rotatable bonds is 2. The molecule has 0 amide bonds. The Morgan fingerprint density at radius 1 is 1.07 bits per heavy atom. The zero-order chi connectivity index (χ0) is 19.1. The number of ketones is 1. The molecule has 0 bridgehead atoms. The fourth-order valence-corrected chi connectivity index (χ4v) is 8.74. The molecule has 1 heterocycles. The zero-order valence-electron chi connectivity index (χ0n) is 17.0. The summed E-state index contributed by atoms with van der Waals surface area (Å²) in [5.74, 6) is 4.70. The minimum atomic E-state index is -0.332. The van der Waals surface area contributed by atoms with Crippen LogP contribution in [0.4, 0.5) is 0 Å². The summed E-state index contributed by atoms with van der Waals surface area (Å²) in [7, 11) is 0. The minimum absolute atomic E-state index is 0.131. The molecule has 7 atom stereocenters. The van der Waals surface area contributed by atoms with Crippen LogP contribution in [0.3, 0.4) is 0 Å². The number of carbonyl (C=O) groups is 2. The van der Waals surface area contributed by atoms with Gasteiger partial charge in [-0.3, -0.25) is 4.79 Å². The van der Waals surface area contributed by atoms with Crippen LogP contribution in [-0.4, -0.2) is 17.4 Å². The molecule has 0 saturated heterocycles. The molecule has 4 fully saturated rings. The third-order valence-corrected chi connectivity index (χ3v) is 9.90. The van der Waals surface area contributed by atoms with Gasteiger partial charge in [-0.2, -0.15) is 0 Å². The Labute approximate surface area is 168 Å². The maximum absolute atomic E-state index is 12.1. The Kier molecular flexibility index (Phi) is 3.64. The van der Waals surface area contributed by atoms with Crippen LogP contribution >= 0.6 is 0 Å². The smallest absolute Gasteiger partial charge is 0.331 e. The van der Waals surface area contributed by atoms with Gasteiger partial charge in [-0.25, -0.2) is 4.79 Å². The van der Waals surface area contributed by atoms with E-state index < -0.39 is 0 Å². The van der Waals surface area contributed by atoms with Crippen molar-refractivity contribution in [2.75, 3.05) is 0 Å². The largest absolute Gasteiger partial charge is 0.451 e. The summed E-state index contributed by atoms with van der Waals surface area (Å²) in [5.41, 5.74) is 1.30. The highest BCUT2D eigenvalue weighted by molar-refractivity contribution is 5.91. The summed E-state index contributed by atoms with van der Waals surface area (Å²) in [6.45, 7) is 2.33. The summed E-state index contributed by atoms with van der Waals surface area (Å²) in [6, 6.07) is 0. The molecule has 3 nitrogen and oxygen atoms in total. The first-order valence-electron chi connectivity index (χ1n) is 11.7. The van der Waals surface area contributed by atoms with Crippen molar-refractivity contribution in [1.82, 2.24) is 0 Å². The van der Waals surface area contributed by atoms with Crippen molar-refractivity contribution in [3.05, 3.63) is 23.8 Å². The van der Waals surface area contributed by atoms with E-state index in [1.165, 1.54) is 44.1 Å². The SMILES string of the molecule is CC[C@]12CC[C@H]3[C@@H]([C@H](C4CC4)CC4=CC(=O)CC[C@@H]43)[C@@H]1CC[C@@]21C=CC(=O)O1. The Hall–Kier alpha value is -1.38. The van der Waals surface area contributed by atoms with Gasteiger partial charge in [0.05, 0.1) is 0 Å². The number of carbonyl (C=O) groups excluding carboxylic acids is 2. The van der Waals surface area contributed by atoms with Crippen molar-refractivity contribution >= 4 is 11.8 Å². The summed E-state index contributed by atoms with van der Waals surface area (Å²) in [6.07, 6.45) is 17.4. The first-order valence-corrected chi connectivity index (χ1v) is 11.7. The van der Waals surface area contributed by atoms with Crippen molar-refractivity contribution < 1.29 is 14.3 Å². The summed E-state index contributed by atoms with van der Waals surface area (Å²) < 4.78 is 6.08. The summed E-state index contributed by atoms with van der Waals surface area (Å²) in [5, 5.41) is 0. The van der Waals surface area contributed by atoms with Gasteiger partial charge >= 0.3 is 5.97 Å². The molecule has 1 spiro atoms. The molecule has 0 radical (unpaired) electrons. The molecule has 6 aliphatic rings. The maximum Gasteiger partial charge on any atom is 0.331 e. The normalized spacial score (nSPS) is 49.5. The van der Waals surface area contributed by atoms with Crippen LogP contribution in [0.25, 0.3) is 0 Å². The lowest BCUT2D eigenvalue weighted by Crippen LogP contribution is -2.55. The third kappa shape index (κ3) is 2.17. The second-order valence-electron chi connectivity index (χ2n) is 10.6. The fraction of sp³-hybridized carbons (Fsp3) is 0.760. The molecule has 5 aliphatic carbocycles. The highest BCUT2D eigenvalue weighted by Crippen LogP contribution is 2.70. The summed E-state index contributed by atoms with van der Waals surface area (Å²) >= 11 is 0. The highest BCUT2D eigenvalue weighted by atomic mass is 16.6. The number of hydrogen-bond donors (Lipinski definition) is 0. The van der Waals surface area contributed by atoms with Crippen molar-refractivity contribution in [3.63, 3.8) is 0 Å². The van der Waals surface area contributed by atoms with Gasteiger partial charge in [-0.15, -0.1) is 0 Å². The second kappa shape index (κ2) is 5.83. The van der Waals surface area contributed by atoms with E-state index in [1.807, 2.05) is 6.08 Å². The maximum atomic E-state index is 12.1. The molecule has 0 aromatic heterocycles. The van der Waals surface area contributed by atoms with Crippen LogP contribution in [0.5, 0.6) is 0 Å². The second-order valence-corrected chi connectivity index (χ2v) is 10.6. The molecular weight excluding hydrogens is 348 g/mol. The molecule has 4 saturated carbocycles. The van der Waals surface area contributed by atoms with Crippen LogP contribution in [-0.2, 0) is 14.3 Å². The van der Waals surface area contributed by atoms with Gasteiger partial charge in [-0.1, -0.05) is 12.5 Å². The predicted octanol–water partition coefficient (Wildman–Crippen LogP) is 5.01. The monoisotopic (exact) mass is 380 g/mol. The van der Waals surface area contributed by atoms with Crippen LogP contribution in [0.1, 0.15) is 71.1 Å². The quantitative estimate of drug-likeness (QED) is 0.633. The molecule has 0 aromatic rings. The number of fused-ring (bicyclic) bond motifs is 6. The van der Waals surface area contributed by atoms with Crippen LogP contribution < -0.4 is 0 Å². The van der Waals surface area contributed by atoms with E-state index >= 15 is 0 Å². The lowest BCUT2D eigenvalue weighted by molar-refractivity contribution is -0.167. The lowest BCUT2D eigenvalue weighted by Gasteiger charge is -2.59. The predicted molar refractivity (Wildman–Crippen MR) is 106 cm³/mol. The van der Waals surface area contributed by atoms with Gasteiger partial charge in [0.2, 0.25) is 0 Å². The van der Waals surface area contributed by atoms with Gasteiger partial charge in [0.25, 0.3) is 0 Å². The molecule has 6 rings (SSSR count). The van der Waals surface area contributed by atoms with Crippen LogP contribution in [0, 0.1) is 40.9 Å². The van der Waals surface area contributed by atoms with Gasteiger partial charge in [0.1, 0.15) is 5.60 Å². The van der Waals surface area contributed by atoms with Gasteiger partial charge in [0, 0.05) is 17.9 Å². The molecule has 150 valence electrons. The van der Waals surface area contributed by atoms with Crippen molar-refractivity contribution in [2.24, 2.45) is 40.9 Å². The summed E-state index contributed by atoms with van der Waals surface area (Å²) in [4.78, 5) is 24.2. The molecule has 0 N–H and O–H groups in total. The Morgan fingerprint density at radius 3 is 2.64 bits per heavy atom. The average Bonchev–Trinajstić information content (AvgIpc) is 3.40. The molecule has 0 aromatic carbocycles. The number of hydrogen-bond acceptors (Lipinski definition) is 3. The zero-order valence-corrected chi connectivity index (χ0v) is 17.0. The Morgan fingerprint density at radius 2 is 1.93 bits per heavy atom.